The van der Waals surface area contributed by atoms with Gasteiger partial charge < -0.3 is 10.1 Å². The quantitative estimate of drug-likeness (QED) is 0.906. The van der Waals surface area contributed by atoms with Crippen LogP contribution in [0.5, 0.6) is 0 Å². The average molecular weight is 280 g/mol. The van der Waals surface area contributed by atoms with Crippen LogP contribution in [0.4, 0.5) is 5.69 Å². The SMILES string of the molecule is CCc1ccc2c(c1)[C@H]1OCC[C@H]1C(c1ccncc1)N2. The molecule has 0 radical (unpaired) electrons. The zero-order valence-electron chi connectivity index (χ0n) is 12.3. The number of nitrogens with one attached hydrogen (secondary N) is 1. The van der Waals surface area contributed by atoms with E-state index in [1.54, 1.807) is 0 Å². The molecular weight excluding hydrogens is 260 g/mol. The molecular formula is C18H20N2O. The second-order valence-electron chi connectivity index (χ2n) is 5.92. The molecule has 21 heavy (non-hydrogen) atoms. The van der Waals surface area contributed by atoms with Crippen molar-refractivity contribution in [3.63, 3.8) is 0 Å². The van der Waals surface area contributed by atoms with Crippen molar-refractivity contribution >= 4 is 5.69 Å². The van der Waals surface area contributed by atoms with Crippen molar-refractivity contribution in [3.05, 3.63) is 59.4 Å². The first-order chi connectivity index (χ1) is 10.4. The molecule has 3 heterocycles. The van der Waals surface area contributed by atoms with Crippen LogP contribution in [0, 0.1) is 5.92 Å². The van der Waals surface area contributed by atoms with Gasteiger partial charge in [-0.15, -0.1) is 0 Å². The highest BCUT2D eigenvalue weighted by molar-refractivity contribution is 5.58. The van der Waals surface area contributed by atoms with Crippen LogP contribution in [-0.2, 0) is 11.2 Å². The summed E-state index contributed by atoms with van der Waals surface area (Å²) in [5.74, 6) is 0.506. The van der Waals surface area contributed by atoms with E-state index in [-0.39, 0.29) is 6.10 Å². The second kappa shape index (κ2) is 5.15. The topological polar surface area (TPSA) is 34.1 Å². The van der Waals surface area contributed by atoms with Crippen molar-refractivity contribution in [2.75, 3.05) is 11.9 Å². The number of benzene rings is 1. The summed E-state index contributed by atoms with van der Waals surface area (Å²) in [4.78, 5) is 4.13. The third-order valence-corrected chi connectivity index (χ3v) is 4.77. The lowest BCUT2D eigenvalue weighted by Gasteiger charge is -2.36. The lowest BCUT2D eigenvalue weighted by atomic mass is 9.81. The summed E-state index contributed by atoms with van der Waals surface area (Å²) in [7, 11) is 0. The minimum Gasteiger partial charge on any atom is -0.378 e. The highest BCUT2D eigenvalue weighted by Crippen LogP contribution is 2.49. The van der Waals surface area contributed by atoms with Gasteiger partial charge >= 0.3 is 0 Å². The van der Waals surface area contributed by atoms with E-state index in [1.807, 2.05) is 12.4 Å². The van der Waals surface area contributed by atoms with Crippen LogP contribution in [-0.4, -0.2) is 11.6 Å². The van der Waals surface area contributed by atoms with Crippen LogP contribution in [0.25, 0.3) is 0 Å². The fourth-order valence-electron chi connectivity index (χ4n) is 3.64. The molecule has 3 atom stereocenters. The predicted molar refractivity (Wildman–Crippen MR) is 83.2 cm³/mol. The first-order valence-electron chi connectivity index (χ1n) is 7.77. The Bertz CT molecular complexity index is 641. The van der Waals surface area contributed by atoms with Crippen molar-refractivity contribution in [3.8, 4) is 0 Å². The Morgan fingerprint density at radius 3 is 2.90 bits per heavy atom. The van der Waals surface area contributed by atoms with Crippen molar-refractivity contribution < 1.29 is 4.74 Å². The van der Waals surface area contributed by atoms with Gasteiger partial charge in [-0.1, -0.05) is 19.1 Å². The average Bonchev–Trinajstić information content (AvgIpc) is 3.04. The number of anilines is 1. The van der Waals surface area contributed by atoms with Gasteiger partial charge in [-0.3, -0.25) is 4.98 Å². The maximum absolute atomic E-state index is 6.08. The molecule has 1 aromatic heterocycles. The summed E-state index contributed by atoms with van der Waals surface area (Å²) in [6, 6.07) is 11.3. The first kappa shape index (κ1) is 12.8. The Hall–Kier alpha value is -1.87. The van der Waals surface area contributed by atoms with E-state index in [9.17, 15) is 0 Å². The second-order valence-corrected chi connectivity index (χ2v) is 5.92. The molecule has 0 spiro atoms. The summed E-state index contributed by atoms with van der Waals surface area (Å²) in [6.45, 7) is 3.05. The van der Waals surface area contributed by atoms with Crippen molar-refractivity contribution in [1.82, 2.24) is 4.98 Å². The lowest BCUT2D eigenvalue weighted by Crippen LogP contribution is -2.29. The highest BCUT2D eigenvalue weighted by atomic mass is 16.5. The number of rotatable bonds is 2. The number of hydrogen-bond acceptors (Lipinski definition) is 3. The van der Waals surface area contributed by atoms with E-state index < -0.39 is 0 Å². The Kier molecular flexibility index (Phi) is 3.15. The zero-order chi connectivity index (χ0) is 14.2. The van der Waals surface area contributed by atoms with Gasteiger partial charge in [0.15, 0.2) is 0 Å². The fraction of sp³-hybridized carbons (Fsp3) is 0.389. The van der Waals surface area contributed by atoms with Crippen LogP contribution in [0.1, 0.15) is 42.2 Å². The van der Waals surface area contributed by atoms with Crippen LogP contribution >= 0.6 is 0 Å². The summed E-state index contributed by atoms with van der Waals surface area (Å²) in [5.41, 5.74) is 5.24. The summed E-state index contributed by atoms with van der Waals surface area (Å²) < 4.78 is 6.08. The molecule has 3 nitrogen and oxygen atoms in total. The van der Waals surface area contributed by atoms with E-state index in [0.717, 1.165) is 19.4 Å². The smallest absolute Gasteiger partial charge is 0.0896 e. The highest BCUT2D eigenvalue weighted by Gasteiger charge is 2.41. The number of pyridine rings is 1. The number of aryl methyl sites for hydroxylation is 1. The van der Waals surface area contributed by atoms with Gasteiger partial charge in [-0.05, 0) is 42.2 Å². The molecule has 108 valence electrons. The minimum absolute atomic E-state index is 0.228. The van der Waals surface area contributed by atoms with Gasteiger partial charge in [0.05, 0.1) is 12.1 Å². The Morgan fingerprint density at radius 2 is 2.10 bits per heavy atom. The summed E-state index contributed by atoms with van der Waals surface area (Å²) >= 11 is 0. The number of hydrogen-bond donors (Lipinski definition) is 1. The molecule has 4 rings (SSSR count). The first-order valence-corrected chi connectivity index (χ1v) is 7.77. The van der Waals surface area contributed by atoms with Gasteiger partial charge in [-0.2, -0.15) is 0 Å². The van der Waals surface area contributed by atoms with Crippen molar-refractivity contribution in [2.24, 2.45) is 5.92 Å². The normalized spacial score (nSPS) is 26.8. The molecule has 1 unspecified atom stereocenters. The maximum Gasteiger partial charge on any atom is 0.0896 e. The largest absolute Gasteiger partial charge is 0.378 e. The Balaban J connectivity index is 1.77. The standard InChI is InChI=1S/C18H20N2O/c1-2-12-3-4-16-15(11-12)18-14(7-10-21-18)17(20-16)13-5-8-19-9-6-13/h3-6,8-9,11,14,17-18,20H,2,7,10H2,1H3/t14-,17?,18-/m0/s1. The van der Waals surface area contributed by atoms with E-state index >= 15 is 0 Å². The molecule has 0 aliphatic carbocycles. The van der Waals surface area contributed by atoms with E-state index in [1.165, 1.54) is 22.4 Å². The zero-order valence-corrected chi connectivity index (χ0v) is 12.3. The molecule has 2 aliphatic rings. The third-order valence-electron chi connectivity index (χ3n) is 4.77. The van der Waals surface area contributed by atoms with Crippen LogP contribution in [0.2, 0.25) is 0 Å². The van der Waals surface area contributed by atoms with Gasteiger partial charge in [-0.25, -0.2) is 0 Å². The molecule has 3 heteroatoms. The van der Waals surface area contributed by atoms with Crippen LogP contribution in [0.3, 0.4) is 0 Å². The minimum atomic E-state index is 0.228. The number of ether oxygens (including phenoxy) is 1. The Labute approximate surface area is 125 Å². The Morgan fingerprint density at radius 1 is 1.24 bits per heavy atom. The summed E-state index contributed by atoms with van der Waals surface area (Å²) in [6.07, 6.45) is 6.15. The van der Waals surface area contributed by atoms with Gasteiger partial charge in [0.2, 0.25) is 0 Å². The van der Waals surface area contributed by atoms with Crippen molar-refractivity contribution in [2.45, 2.75) is 31.9 Å². The van der Waals surface area contributed by atoms with Crippen molar-refractivity contribution in [1.29, 1.82) is 0 Å². The number of fused-ring (bicyclic) bond motifs is 3. The van der Waals surface area contributed by atoms with E-state index in [2.05, 4.69) is 47.6 Å². The molecule has 1 aromatic carbocycles. The molecule has 1 N–H and O–H groups in total. The van der Waals surface area contributed by atoms with Crippen LogP contribution in [0.15, 0.2) is 42.7 Å². The monoisotopic (exact) mass is 280 g/mol. The van der Waals surface area contributed by atoms with Gasteiger partial charge in [0.25, 0.3) is 0 Å². The molecule has 0 saturated carbocycles. The third kappa shape index (κ3) is 2.12. The van der Waals surface area contributed by atoms with Crippen LogP contribution < -0.4 is 5.32 Å². The van der Waals surface area contributed by atoms with E-state index in [0.29, 0.717) is 12.0 Å². The summed E-state index contributed by atoms with van der Waals surface area (Å²) in [5, 5.41) is 3.73. The molecule has 2 aromatic rings. The fourth-order valence-corrected chi connectivity index (χ4v) is 3.64. The van der Waals surface area contributed by atoms with E-state index in [4.69, 9.17) is 4.74 Å². The number of nitrogens with zero attached hydrogens (tertiary/aromatic N) is 1. The molecule has 0 bridgehead atoms. The molecule has 1 fully saturated rings. The van der Waals surface area contributed by atoms with Gasteiger partial charge in [0, 0.05) is 36.2 Å². The van der Waals surface area contributed by atoms with Gasteiger partial charge in [0.1, 0.15) is 0 Å². The lowest BCUT2D eigenvalue weighted by molar-refractivity contribution is 0.0828. The number of aromatic nitrogens is 1. The maximum atomic E-state index is 6.08. The predicted octanol–water partition coefficient (Wildman–Crippen LogP) is 3.89. The molecule has 1 saturated heterocycles. The molecule has 2 aliphatic heterocycles. The molecule has 0 amide bonds.